The predicted molar refractivity (Wildman–Crippen MR) is 111 cm³/mol. The first kappa shape index (κ1) is 20.5. The lowest BCUT2D eigenvalue weighted by molar-refractivity contribution is 0.392. The largest absolute Gasteiger partial charge is 0.497 e. The number of sulfonamides is 1. The zero-order chi connectivity index (χ0) is 20.3. The third kappa shape index (κ3) is 4.43. The number of methoxy groups -OCH3 is 2. The Hall–Kier alpha value is -2.23. The van der Waals surface area contributed by atoms with E-state index >= 15 is 0 Å². The van der Waals surface area contributed by atoms with E-state index in [1.165, 1.54) is 26.4 Å². The van der Waals surface area contributed by atoms with Crippen molar-refractivity contribution in [1.29, 1.82) is 0 Å². The van der Waals surface area contributed by atoms with Gasteiger partial charge in [-0.2, -0.15) is 5.10 Å². The van der Waals surface area contributed by atoms with E-state index in [0.29, 0.717) is 21.8 Å². The summed E-state index contributed by atoms with van der Waals surface area (Å²) in [5.41, 5.74) is 0.864. The Balaban J connectivity index is 1.89. The maximum absolute atomic E-state index is 12.9. The molecule has 0 aliphatic rings. The molecule has 0 bridgehead atoms. The molecule has 7 nitrogen and oxygen atoms in total. The minimum atomic E-state index is -3.97. The summed E-state index contributed by atoms with van der Waals surface area (Å²) in [6.45, 7) is 0.391. The van der Waals surface area contributed by atoms with Gasteiger partial charge in [-0.3, -0.25) is 9.40 Å². The van der Waals surface area contributed by atoms with Crippen molar-refractivity contribution in [1.82, 2.24) is 9.78 Å². The lowest BCUT2D eigenvalue weighted by Crippen LogP contribution is -2.15. The average molecular weight is 487 g/mol. The number of aromatic nitrogens is 2. The second-order valence-electron chi connectivity index (χ2n) is 5.74. The van der Waals surface area contributed by atoms with Crippen LogP contribution in [-0.4, -0.2) is 32.4 Å². The normalized spacial score (nSPS) is 11.3. The zero-order valence-corrected chi connectivity index (χ0v) is 18.2. The number of benzene rings is 2. The molecule has 148 valence electrons. The molecule has 0 amide bonds. The van der Waals surface area contributed by atoms with E-state index in [4.69, 9.17) is 21.1 Å². The Morgan fingerprint density at radius 1 is 1.18 bits per heavy atom. The Labute approximate surface area is 176 Å². The van der Waals surface area contributed by atoms with Gasteiger partial charge in [-0.25, -0.2) is 8.42 Å². The molecule has 3 rings (SSSR count). The number of nitrogens with zero attached hydrogens (tertiary/aromatic N) is 2. The van der Waals surface area contributed by atoms with Gasteiger partial charge in [0.25, 0.3) is 10.0 Å². The number of nitrogens with one attached hydrogen (secondary N) is 1. The molecular weight excluding hydrogens is 470 g/mol. The van der Waals surface area contributed by atoms with Crippen molar-refractivity contribution < 1.29 is 17.9 Å². The second-order valence-corrected chi connectivity index (χ2v) is 8.65. The van der Waals surface area contributed by atoms with Crippen LogP contribution in [0, 0.1) is 0 Å². The monoisotopic (exact) mass is 485 g/mol. The van der Waals surface area contributed by atoms with Crippen molar-refractivity contribution >= 4 is 43.4 Å². The van der Waals surface area contributed by atoms with Crippen molar-refractivity contribution in [2.24, 2.45) is 0 Å². The third-order valence-electron chi connectivity index (χ3n) is 3.90. The van der Waals surface area contributed by atoms with Crippen LogP contribution < -0.4 is 14.2 Å². The van der Waals surface area contributed by atoms with Gasteiger partial charge in [-0.1, -0.05) is 29.8 Å². The van der Waals surface area contributed by atoms with Crippen molar-refractivity contribution in [3.05, 3.63) is 63.7 Å². The number of anilines is 1. The Bertz CT molecular complexity index is 1100. The van der Waals surface area contributed by atoms with E-state index in [9.17, 15) is 8.42 Å². The summed E-state index contributed by atoms with van der Waals surface area (Å²) in [6.07, 6.45) is 1.67. The van der Waals surface area contributed by atoms with Gasteiger partial charge >= 0.3 is 0 Å². The molecular formula is C18H17BrClN3O4S. The van der Waals surface area contributed by atoms with E-state index in [-0.39, 0.29) is 16.5 Å². The van der Waals surface area contributed by atoms with Crippen LogP contribution in [0.1, 0.15) is 5.56 Å². The Morgan fingerprint density at radius 3 is 2.61 bits per heavy atom. The van der Waals surface area contributed by atoms with Gasteiger partial charge in [-0.15, -0.1) is 0 Å². The molecule has 0 aliphatic carbocycles. The molecule has 3 aromatic rings. The van der Waals surface area contributed by atoms with Crippen LogP contribution in [0.5, 0.6) is 11.5 Å². The molecule has 1 N–H and O–H groups in total. The number of hydrogen-bond acceptors (Lipinski definition) is 5. The van der Waals surface area contributed by atoms with E-state index in [1.807, 2.05) is 18.2 Å². The maximum atomic E-state index is 12.9. The summed E-state index contributed by atoms with van der Waals surface area (Å²) >= 11 is 9.52. The lowest BCUT2D eigenvalue weighted by Gasteiger charge is -2.12. The standard InChI is InChI=1S/C18H17BrClN3O4S/c1-26-13-7-8-16(27-2)17(9-13)28(24,25)22-18-14(19)11-23(21-18)10-12-5-3-4-6-15(12)20/h3-9,11H,10H2,1-2H3,(H,21,22). The van der Waals surface area contributed by atoms with Crippen LogP contribution in [0.4, 0.5) is 5.82 Å². The Kier molecular flexibility index (Phi) is 6.17. The molecule has 0 saturated heterocycles. The van der Waals surface area contributed by atoms with Crippen molar-refractivity contribution in [3.63, 3.8) is 0 Å². The molecule has 0 saturated carbocycles. The van der Waals surface area contributed by atoms with Gasteiger partial charge < -0.3 is 9.47 Å². The molecule has 1 heterocycles. The van der Waals surface area contributed by atoms with E-state index < -0.39 is 10.0 Å². The summed E-state index contributed by atoms with van der Waals surface area (Å²) < 4.78 is 40.6. The molecule has 10 heteroatoms. The van der Waals surface area contributed by atoms with Crippen LogP contribution in [0.3, 0.4) is 0 Å². The number of ether oxygens (including phenoxy) is 2. The molecule has 0 spiro atoms. The van der Waals surface area contributed by atoms with Gasteiger partial charge in [0.05, 0.1) is 25.2 Å². The van der Waals surface area contributed by atoms with E-state index in [1.54, 1.807) is 23.0 Å². The molecule has 0 unspecified atom stereocenters. The highest BCUT2D eigenvalue weighted by atomic mass is 79.9. The topological polar surface area (TPSA) is 82.4 Å². The summed E-state index contributed by atoms with van der Waals surface area (Å²) in [4.78, 5) is -0.0538. The SMILES string of the molecule is COc1ccc(OC)c(S(=O)(=O)Nc2nn(Cc3ccccc3Cl)cc2Br)c1. The highest BCUT2D eigenvalue weighted by Gasteiger charge is 2.23. The summed E-state index contributed by atoms with van der Waals surface area (Å²) in [5.74, 6) is 0.737. The van der Waals surface area contributed by atoms with Gasteiger partial charge in [0.1, 0.15) is 16.4 Å². The van der Waals surface area contributed by atoms with Crippen molar-refractivity contribution in [3.8, 4) is 11.5 Å². The fourth-order valence-corrected chi connectivity index (χ4v) is 4.47. The molecule has 28 heavy (non-hydrogen) atoms. The highest BCUT2D eigenvalue weighted by Crippen LogP contribution is 2.31. The summed E-state index contributed by atoms with van der Waals surface area (Å²) in [5, 5.41) is 4.91. The summed E-state index contributed by atoms with van der Waals surface area (Å²) in [7, 11) is -1.11. The van der Waals surface area contributed by atoms with Crippen LogP contribution in [-0.2, 0) is 16.6 Å². The predicted octanol–water partition coefficient (Wildman–Crippen LogP) is 4.17. The fraction of sp³-hybridized carbons (Fsp3) is 0.167. The molecule has 2 aromatic carbocycles. The van der Waals surface area contributed by atoms with E-state index in [2.05, 4.69) is 25.8 Å². The fourth-order valence-electron chi connectivity index (χ4n) is 2.52. The second kappa shape index (κ2) is 8.42. The smallest absolute Gasteiger partial charge is 0.266 e. The van der Waals surface area contributed by atoms with Crippen LogP contribution in [0.25, 0.3) is 0 Å². The molecule has 0 aliphatic heterocycles. The van der Waals surface area contributed by atoms with E-state index in [0.717, 1.165) is 5.56 Å². The summed E-state index contributed by atoms with van der Waals surface area (Å²) in [6, 6.07) is 11.9. The van der Waals surface area contributed by atoms with Gasteiger partial charge in [-0.05, 0) is 39.7 Å². The first-order valence-corrected chi connectivity index (χ1v) is 10.7. The Morgan fingerprint density at radius 2 is 1.93 bits per heavy atom. The minimum Gasteiger partial charge on any atom is -0.497 e. The van der Waals surface area contributed by atoms with Crippen LogP contribution in [0.15, 0.2) is 58.0 Å². The van der Waals surface area contributed by atoms with Crippen LogP contribution in [0.2, 0.25) is 5.02 Å². The quantitative estimate of drug-likeness (QED) is 0.542. The minimum absolute atomic E-state index is 0.0538. The molecule has 1 aromatic heterocycles. The van der Waals surface area contributed by atoms with Gasteiger partial charge in [0, 0.05) is 17.3 Å². The zero-order valence-electron chi connectivity index (χ0n) is 15.0. The highest BCUT2D eigenvalue weighted by molar-refractivity contribution is 9.10. The molecule has 0 atom stereocenters. The average Bonchev–Trinajstić information content (AvgIpc) is 3.01. The number of hydrogen-bond donors (Lipinski definition) is 1. The third-order valence-corrected chi connectivity index (χ3v) is 6.21. The lowest BCUT2D eigenvalue weighted by atomic mass is 10.2. The van der Waals surface area contributed by atoms with Gasteiger partial charge in [0.2, 0.25) is 0 Å². The van der Waals surface area contributed by atoms with Gasteiger partial charge in [0.15, 0.2) is 5.82 Å². The van der Waals surface area contributed by atoms with Crippen LogP contribution >= 0.6 is 27.5 Å². The number of halogens is 2. The first-order chi connectivity index (χ1) is 13.3. The maximum Gasteiger partial charge on any atom is 0.266 e. The number of rotatable bonds is 7. The molecule has 0 fully saturated rings. The van der Waals surface area contributed by atoms with Crippen molar-refractivity contribution in [2.45, 2.75) is 11.4 Å². The van der Waals surface area contributed by atoms with Crippen molar-refractivity contribution in [2.75, 3.05) is 18.9 Å². The molecule has 0 radical (unpaired) electrons. The first-order valence-electron chi connectivity index (χ1n) is 8.05.